The van der Waals surface area contributed by atoms with Gasteiger partial charge in [-0.25, -0.2) is 4.98 Å². The zero-order valence-electron chi connectivity index (χ0n) is 24.5. The summed E-state index contributed by atoms with van der Waals surface area (Å²) >= 11 is 12.4. The van der Waals surface area contributed by atoms with Crippen LogP contribution in [0, 0.1) is 0 Å². The van der Waals surface area contributed by atoms with Crippen LogP contribution in [0.5, 0.6) is 0 Å². The van der Waals surface area contributed by atoms with Gasteiger partial charge in [-0.3, -0.25) is 9.59 Å². The summed E-state index contributed by atoms with van der Waals surface area (Å²) in [6, 6.07) is 22.4. The summed E-state index contributed by atoms with van der Waals surface area (Å²) in [5, 5.41) is 15.7. The number of nitrogens with zero attached hydrogens (tertiary/aromatic N) is 2. The summed E-state index contributed by atoms with van der Waals surface area (Å²) in [5.74, 6) is -0.326. The summed E-state index contributed by atoms with van der Waals surface area (Å²) in [6.45, 7) is 0.755. The monoisotopic (exact) mass is 651 g/mol. The third-order valence-corrected chi connectivity index (χ3v) is 8.30. The van der Waals surface area contributed by atoms with E-state index in [1.165, 1.54) is 0 Å². The maximum atomic E-state index is 12.4. The number of hydrogen-bond donors (Lipinski definition) is 4. The number of aliphatic hydroxyl groups is 1. The summed E-state index contributed by atoms with van der Waals surface area (Å²) in [7, 11) is 0. The molecule has 0 bridgehead atoms. The molecule has 1 saturated heterocycles. The van der Waals surface area contributed by atoms with Gasteiger partial charge >= 0.3 is 0 Å². The van der Waals surface area contributed by atoms with Crippen molar-refractivity contribution in [2.24, 2.45) is 0 Å². The largest absolute Gasteiger partial charge is 0.397 e. The quantitative estimate of drug-likeness (QED) is 0.139. The van der Waals surface area contributed by atoms with Crippen molar-refractivity contribution < 1.29 is 24.2 Å². The number of carbonyl (C=O) groups excluding carboxylic acids is 2. The van der Waals surface area contributed by atoms with E-state index in [-0.39, 0.29) is 48.6 Å². The van der Waals surface area contributed by atoms with Gasteiger partial charge in [0, 0.05) is 31.4 Å². The first kappa shape index (κ1) is 32.5. The first-order chi connectivity index (χ1) is 21.8. The molecule has 2 heterocycles. The molecule has 3 atom stereocenters. The molecule has 1 aliphatic heterocycles. The van der Waals surface area contributed by atoms with Crippen LogP contribution in [-0.4, -0.2) is 32.6 Å². The van der Waals surface area contributed by atoms with Gasteiger partial charge in [0.05, 0.1) is 43.1 Å². The predicted octanol–water partition coefficient (Wildman–Crippen LogP) is 5.94. The van der Waals surface area contributed by atoms with Crippen molar-refractivity contribution in [3.05, 3.63) is 112 Å². The van der Waals surface area contributed by atoms with Crippen LogP contribution in [0.4, 0.5) is 11.4 Å². The molecule has 45 heavy (non-hydrogen) atoms. The van der Waals surface area contributed by atoms with Gasteiger partial charge in [-0.1, -0.05) is 83.9 Å². The zero-order chi connectivity index (χ0) is 31.8. The molecule has 5 rings (SSSR count). The Bertz CT molecular complexity index is 1600. The molecule has 0 saturated carbocycles. The van der Waals surface area contributed by atoms with E-state index in [1.807, 2.05) is 48.5 Å². The third kappa shape index (κ3) is 8.84. The number of aromatic nitrogens is 2. The summed E-state index contributed by atoms with van der Waals surface area (Å²) < 4.78 is 14.5. The van der Waals surface area contributed by atoms with Crippen LogP contribution in [0.1, 0.15) is 60.3 Å². The van der Waals surface area contributed by atoms with Gasteiger partial charge in [-0.2, -0.15) is 0 Å². The van der Waals surface area contributed by atoms with Crippen LogP contribution in [0.2, 0.25) is 10.3 Å². The van der Waals surface area contributed by atoms with Crippen molar-refractivity contribution in [3.63, 3.8) is 0 Å². The maximum absolute atomic E-state index is 12.4. The molecular weight excluding hydrogens is 617 g/mol. The number of carbonyl (C=O) groups is 2. The van der Waals surface area contributed by atoms with Crippen LogP contribution in [0.3, 0.4) is 0 Å². The fraction of sp³-hybridized carbons (Fsp3) is 0.303. The molecule has 5 N–H and O–H groups in total. The molecule has 12 heteroatoms. The molecule has 1 aliphatic rings. The molecule has 4 aromatic rings. The highest BCUT2D eigenvalue weighted by molar-refractivity contribution is 6.40. The molecule has 0 spiro atoms. The minimum absolute atomic E-state index is 0.0330. The predicted molar refractivity (Wildman–Crippen MR) is 172 cm³/mol. The number of anilines is 2. The van der Waals surface area contributed by atoms with Crippen molar-refractivity contribution in [1.82, 2.24) is 14.9 Å². The summed E-state index contributed by atoms with van der Waals surface area (Å²) in [4.78, 5) is 28.7. The highest BCUT2D eigenvalue weighted by Crippen LogP contribution is 2.39. The number of amides is 2. The second kappa shape index (κ2) is 15.4. The van der Waals surface area contributed by atoms with Crippen LogP contribution < -0.4 is 16.4 Å². The number of nitrogen functional groups attached to an aromatic ring is 1. The van der Waals surface area contributed by atoms with E-state index in [2.05, 4.69) is 15.6 Å². The zero-order valence-corrected chi connectivity index (χ0v) is 26.0. The Labute approximate surface area is 271 Å². The molecule has 3 aromatic carbocycles. The van der Waals surface area contributed by atoms with Gasteiger partial charge in [-0.05, 0) is 35.2 Å². The van der Waals surface area contributed by atoms with Crippen LogP contribution in [0.15, 0.2) is 79.1 Å². The molecule has 2 amide bonds. The Kier molecular flexibility index (Phi) is 11.1. The van der Waals surface area contributed by atoms with Gasteiger partial charge in [0.15, 0.2) is 11.4 Å². The van der Waals surface area contributed by atoms with E-state index in [4.69, 9.17) is 38.4 Å². The first-order valence-electron chi connectivity index (χ1n) is 14.7. The lowest BCUT2D eigenvalue weighted by Gasteiger charge is -2.36. The molecule has 236 valence electrons. The van der Waals surface area contributed by atoms with E-state index >= 15 is 0 Å². The highest BCUT2D eigenvalue weighted by Gasteiger charge is 2.33. The minimum Gasteiger partial charge on any atom is -0.397 e. The van der Waals surface area contributed by atoms with Gasteiger partial charge < -0.3 is 35.5 Å². The Hall–Kier alpha value is -3.93. The fourth-order valence-electron chi connectivity index (χ4n) is 5.04. The van der Waals surface area contributed by atoms with E-state index in [0.29, 0.717) is 42.5 Å². The Balaban J connectivity index is 1.15. The lowest BCUT2D eigenvalue weighted by atomic mass is 10.00. The van der Waals surface area contributed by atoms with Gasteiger partial charge in [-0.15, -0.1) is 0 Å². The summed E-state index contributed by atoms with van der Waals surface area (Å²) in [5.41, 5.74) is 10.4. The van der Waals surface area contributed by atoms with Crippen molar-refractivity contribution in [2.45, 2.75) is 63.9 Å². The molecule has 10 nitrogen and oxygen atoms in total. The van der Waals surface area contributed by atoms with Gasteiger partial charge in [0.2, 0.25) is 11.8 Å². The van der Waals surface area contributed by atoms with Crippen molar-refractivity contribution in [2.75, 3.05) is 11.1 Å². The van der Waals surface area contributed by atoms with Gasteiger partial charge in [0.1, 0.15) is 5.15 Å². The van der Waals surface area contributed by atoms with E-state index in [1.54, 1.807) is 35.2 Å². The standard InChI is InChI=1S/C33H35Cl2N5O5/c34-31-32(35)40(20-38-31)18-25-16-28(23-12-10-22(19-41)11-13-23)45-33(44-25)24-14-8-21(9-15-24)17-37-29(42)6-3-7-30(43)39-27-5-2-1-4-26(27)36/h1-2,4-5,8-15,20,25,28,33,41H,3,6-7,16-19,36H2,(H,37,42)(H,39,43). The second-order valence-corrected chi connectivity index (χ2v) is 11.6. The number of hydrogen-bond acceptors (Lipinski definition) is 7. The first-order valence-corrected chi connectivity index (χ1v) is 15.4. The number of halogens is 2. The number of imidazole rings is 1. The fourth-order valence-corrected chi connectivity index (χ4v) is 5.35. The lowest BCUT2D eigenvalue weighted by molar-refractivity contribution is -0.252. The maximum Gasteiger partial charge on any atom is 0.224 e. The number of nitrogens with two attached hydrogens (primary N) is 1. The smallest absolute Gasteiger partial charge is 0.224 e. The van der Waals surface area contributed by atoms with Crippen molar-refractivity contribution in [1.29, 1.82) is 0 Å². The summed E-state index contributed by atoms with van der Waals surface area (Å²) in [6.07, 6.45) is 1.87. The molecule has 1 fully saturated rings. The molecule has 3 unspecified atom stereocenters. The van der Waals surface area contributed by atoms with E-state index < -0.39 is 6.29 Å². The SMILES string of the molecule is Nc1ccccc1NC(=O)CCCC(=O)NCc1ccc(C2OC(Cn3cnc(Cl)c3Cl)CC(c3ccc(CO)cc3)O2)cc1. The third-order valence-electron chi connectivity index (χ3n) is 7.53. The minimum atomic E-state index is -0.648. The second-order valence-electron chi connectivity index (χ2n) is 10.8. The molecule has 1 aromatic heterocycles. The van der Waals surface area contributed by atoms with E-state index in [9.17, 15) is 14.7 Å². The van der Waals surface area contributed by atoms with Crippen LogP contribution >= 0.6 is 23.2 Å². The highest BCUT2D eigenvalue weighted by atomic mass is 35.5. The topological polar surface area (TPSA) is 141 Å². The Morgan fingerprint density at radius 3 is 2.31 bits per heavy atom. The van der Waals surface area contributed by atoms with Crippen molar-refractivity contribution >= 4 is 46.4 Å². The average Bonchev–Trinajstić information content (AvgIpc) is 3.37. The molecule has 0 radical (unpaired) electrons. The average molecular weight is 653 g/mol. The van der Waals surface area contributed by atoms with Crippen LogP contribution in [-0.2, 0) is 38.8 Å². The number of para-hydroxylation sites is 2. The number of rotatable bonds is 12. The van der Waals surface area contributed by atoms with Crippen molar-refractivity contribution in [3.8, 4) is 0 Å². The Morgan fingerprint density at radius 2 is 1.62 bits per heavy atom. The number of benzene rings is 3. The van der Waals surface area contributed by atoms with Crippen LogP contribution in [0.25, 0.3) is 0 Å². The number of nitrogens with one attached hydrogen (secondary N) is 2. The number of aliphatic hydroxyl groups excluding tert-OH is 1. The molecular formula is C33H35Cl2N5O5. The number of ether oxygens (including phenoxy) is 2. The van der Waals surface area contributed by atoms with Gasteiger partial charge in [0.25, 0.3) is 0 Å². The Morgan fingerprint density at radius 1 is 0.933 bits per heavy atom. The lowest BCUT2D eigenvalue weighted by Crippen LogP contribution is -2.32. The normalized spacial score (nSPS) is 18.0. The van der Waals surface area contributed by atoms with E-state index in [0.717, 1.165) is 22.3 Å². The molecule has 0 aliphatic carbocycles.